The first-order valence-corrected chi connectivity index (χ1v) is 8.35. The molecule has 0 atom stereocenters. The van der Waals surface area contributed by atoms with E-state index in [1.54, 1.807) is 24.3 Å². The molecule has 0 aliphatic rings. The van der Waals surface area contributed by atoms with E-state index in [0.717, 1.165) is 36.0 Å². The molecule has 3 heteroatoms. The summed E-state index contributed by atoms with van der Waals surface area (Å²) in [5.41, 5.74) is 10.1. The maximum absolute atomic E-state index is 13.2. The Hall–Kier alpha value is -2.94. The molecule has 0 bridgehead atoms. The van der Waals surface area contributed by atoms with Crippen molar-refractivity contribution in [3.8, 4) is 11.1 Å². The molecule has 0 aliphatic carbocycles. The van der Waals surface area contributed by atoms with Crippen LogP contribution in [0.25, 0.3) is 11.1 Å². The predicted molar refractivity (Wildman–Crippen MR) is 98.8 cm³/mol. The van der Waals surface area contributed by atoms with Gasteiger partial charge < -0.3 is 5.73 Å². The maximum atomic E-state index is 13.2. The number of benzene rings is 3. The molecule has 0 aromatic heterocycles. The van der Waals surface area contributed by atoms with Crippen LogP contribution < -0.4 is 5.73 Å². The summed E-state index contributed by atoms with van der Waals surface area (Å²) in [5.74, 6) is -0.601. The Morgan fingerprint density at radius 1 is 0.800 bits per heavy atom. The number of hydrogen-bond acceptors (Lipinski definition) is 1. The van der Waals surface area contributed by atoms with Crippen molar-refractivity contribution >= 4 is 5.91 Å². The average Bonchev–Trinajstić information content (AvgIpc) is 2.62. The fraction of sp³-hybridized carbons (Fsp3) is 0.136. The Morgan fingerprint density at radius 3 is 2.24 bits per heavy atom. The van der Waals surface area contributed by atoms with Gasteiger partial charge in [0.05, 0.1) is 0 Å². The fourth-order valence-corrected chi connectivity index (χ4v) is 2.90. The van der Waals surface area contributed by atoms with E-state index in [4.69, 9.17) is 5.73 Å². The second kappa shape index (κ2) is 7.75. The van der Waals surface area contributed by atoms with Gasteiger partial charge in [0.15, 0.2) is 0 Å². The second-order valence-corrected chi connectivity index (χ2v) is 6.13. The Morgan fingerprint density at radius 2 is 1.52 bits per heavy atom. The molecular formula is C22H20FNO. The Kier molecular flexibility index (Phi) is 5.24. The molecule has 0 unspecified atom stereocenters. The lowest BCUT2D eigenvalue weighted by molar-refractivity contribution is 0.100. The predicted octanol–water partition coefficient (Wildman–Crippen LogP) is 4.77. The highest BCUT2D eigenvalue weighted by Gasteiger charge is 2.04. The van der Waals surface area contributed by atoms with Crippen LogP contribution in [0.4, 0.5) is 4.39 Å². The summed E-state index contributed by atoms with van der Waals surface area (Å²) in [6, 6.07) is 22.4. The molecule has 2 N–H and O–H groups in total. The van der Waals surface area contributed by atoms with Gasteiger partial charge in [0, 0.05) is 5.56 Å². The average molecular weight is 333 g/mol. The molecule has 0 saturated heterocycles. The van der Waals surface area contributed by atoms with Crippen LogP contribution in [0.3, 0.4) is 0 Å². The minimum Gasteiger partial charge on any atom is -0.366 e. The lowest BCUT2D eigenvalue weighted by Gasteiger charge is -2.06. The Bertz CT molecular complexity index is 871. The van der Waals surface area contributed by atoms with Gasteiger partial charge in [0.25, 0.3) is 0 Å². The number of hydrogen-bond donors (Lipinski definition) is 1. The van der Waals surface area contributed by atoms with Gasteiger partial charge in [-0.25, -0.2) is 4.39 Å². The molecule has 1 amide bonds. The number of amides is 1. The molecule has 3 rings (SSSR count). The van der Waals surface area contributed by atoms with E-state index in [-0.39, 0.29) is 5.82 Å². The minimum absolute atomic E-state index is 0.181. The van der Waals surface area contributed by atoms with Crippen molar-refractivity contribution in [1.29, 1.82) is 0 Å². The van der Waals surface area contributed by atoms with Gasteiger partial charge in [-0.2, -0.15) is 0 Å². The van der Waals surface area contributed by atoms with Crippen LogP contribution in [0.5, 0.6) is 0 Å². The number of nitrogens with two attached hydrogens (primary N) is 1. The normalized spacial score (nSPS) is 10.6. The summed E-state index contributed by atoms with van der Waals surface area (Å²) in [7, 11) is 0. The van der Waals surface area contributed by atoms with Gasteiger partial charge in [-0.15, -0.1) is 0 Å². The summed E-state index contributed by atoms with van der Waals surface area (Å²) in [4.78, 5) is 11.3. The number of carbonyl (C=O) groups excluding carboxylic acids is 1. The van der Waals surface area contributed by atoms with Crippen LogP contribution in [0.1, 0.15) is 27.9 Å². The molecule has 25 heavy (non-hydrogen) atoms. The molecule has 3 aromatic rings. The number of halogens is 1. The quantitative estimate of drug-likeness (QED) is 0.694. The number of carbonyl (C=O) groups is 1. The highest BCUT2D eigenvalue weighted by Crippen LogP contribution is 2.21. The molecule has 0 fully saturated rings. The first kappa shape index (κ1) is 16.9. The molecule has 0 aliphatic heterocycles. The van der Waals surface area contributed by atoms with E-state index >= 15 is 0 Å². The molecule has 126 valence electrons. The van der Waals surface area contributed by atoms with Gasteiger partial charge in [-0.05, 0) is 65.8 Å². The number of rotatable bonds is 6. The van der Waals surface area contributed by atoms with Crippen molar-refractivity contribution in [1.82, 2.24) is 0 Å². The largest absolute Gasteiger partial charge is 0.366 e. The molecule has 0 saturated carbocycles. The van der Waals surface area contributed by atoms with Crippen molar-refractivity contribution in [2.45, 2.75) is 19.3 Å². The van der Waals surface area contributed by atoms with Crippen LogP contribution in [0.2, 0.25) is 0 Å². The van der Waals surface area contributed by atoms with Crippen molar-refractivity contribution in [2.75, 3.05) is 0 Å². The molecule has 0 radical (unpaired) electrons. The third kappa shape index (κ3) is 4.54. The zero-order valence-electron chi connectivity index (χ0n) is 13.9. The Labute approximate surface area is 147 Å². The van der Waals surface area contributed by atoms with E-state index in [0.29, 0.717) is 5.56 Å². The fourth-order valence-electron chi connectivity index (χ4n) is 2.90. The van der Waals surface area contributed by atoms with E-state index in [2.05, 4.69) is 24.3 Å². The third-order valence-corrected chi connectivity index (χ3v) is 4.25. The van der Waals surface area contributed by atoms with E-state index in [1.165, 1.54) is 11.6 Å². The Balaban J connectivity index is 1.62. The summed E-state index contributed by atoms with van der Waals surface area (Å²) in [5, 5.41) is 0. The van der Waals surface area contributed by atoms with E-state index < -0.39 is 5.91 Å². The van der Waals surface area contributed by atoms with E-state index in [1.807, 2.05) is 18.2 Å². The topological polar surface area (TPSA) is 43.1 Å². The van der Waals surface area contributed by atoms with Crippen molar-refractivity contribution < 1.29 is 9.18 Å². The first-order valence-electron chi connectivity index (χ1n) is 8.35. The van der Waals surface area contributed by atoms with Crippen molar-refractivity contribution in [3.63, 3.8) is 0 Å². The van der Waals surface area contributed by atoms with Crippen LogP contribution in [0.15, 0.2) is 72.8 Å². The highest BCUT2D eigenvalue weighted by molar-refractivity contribution is 5.94. The van der Waals surface area contributed by atoms with Crippen LogP contribution in [-0.2, 0) is 12.8 Å². The maximum Gasteiger partial charge on any atom is 0.248 e. The zero-order valence-corrected chi connectivity index (χ0v) is 13.9. The summed E-state index contributed by atoms with van der Waals surface area (Å²) >= 11 is 0. The van der Waals surface area contributed by atoms with Crippen LogP contribution in [-0.4, -0.2) is 5.91 Å². The third-order valence-electron chi connectivity index (χ3n) is 4.25. The zero-order chi connectivity index (χ0) is 17.6. The second-order valence-electron chi connectivity index (χ2n) is 6.13. The lowest BCUT2D eigenvalue weighted by Crippen LogP contribution is -2.10. The van der Waals surface area contributed by atoms with Gasteiger partial charge in [-0.3, -0.25) is 4.79 Å². The molecule has 0 heterocycles. The van der Waals surface area contributed by atoms with Gasteiger partial charge in [0.1, 0.15) is 5.82 Å². The van der Waals surface area contributed by atoms with Crippen LogP contribution in [0, 0.1) is 5.82 Å². The van der Waals surface area contributed by atoms with Crippen molar-refractivity contribution in [3.05, 3.63) is 95.3 Å². The lowest BCUT2D eigenvalue weighted by atomic mass is 9.99. The summed E-state index contributed by atoms with van der Waals surface area (Å²) < 4.78 is 13.2. The van der Waals surface area contributed by atoms with Gasteiger partial charge in [-0.1, -0.05) is 48.5 Å². The van der Waals surface area contributed by atoms with Crippen LogP contribution >= 0.6 is 0 Å². The van der Waals surface area contributed by atoms with Gasteiger partial charge in [0.2, 0.25) is 5.91 Å². The smallest absolute Gasteiger partial charge is 0.248 e. The standard InChI is InChI=1S/C22H20FNO/c23-21-9-2-6-17(14-21)5-1-4-16-10-12-18(13-11-16)19-7-3-8-20(15-19)22(24)25/h2-3,6-15H,1,4-5H2,(H2,24,25). The highest BCUT2D eigenvalue weighted by atomic mass is 19.1. The summed E-state index contributed by atoms with van der Waals surface area (Å²) in [6.45, 7) is 0. The molecule has 2 nitrogen and oxygen atoms in total. The molecular weight excluding hydrogens is 313 g/mol. The summed E-state index contributed by atoms with van der Waals surface area (Å²) in [6.07, 6.45) is 2.78. The van der Waals surface area contributed by atoms with E-state index in [9.17, 15) is 9.18 Å². The number of primary amides is 1. The monoisotopic (exact) mass is 333 g/mol. The minimum atomic E-state index is -0.421. The molecule has 3 aromatic carbocycles. The number of aryl methyl sites for hydroxylation is 2. The first-order chi connectivity index (χ1) is 12.1. The molecule has 0 spiro atoms. The van der Waals surface area contributed by atoms with Crippen molar-refractivity contribution in [2.24, 2.45) is 5.73 Å². The SMILES string of the molecule is NC(=O)c1cccc(-c2ccc(CCCc3cccc(F)c3)cc2)c1. The van der Waals surface area contributed by atoms with Gasteiger partial charge >= 0.3 is 0 Å².